The summed E-state index contributed by atoms with van der Waals surface area (Å²) in [7, 11) is 0. The highest BCUT2D eigenvalue weighted by Crippen LogP contribution is 2.19. The molecule has 2 N–H and O–H groups in total. The highest BCUT2D eigenvalue weighted by Gasteiger charge is 2.05. The number of nitrogens with zero attached hydrogens (tertiary/aromatic N) is 2. The summed E-state index contributed by atoms with van der Waals surface area (Å²) in [5, 5.41) is 3.11. The number of hydrogen-bond donors (Lipinski definition) is 1. The van der Waals surface area contributed by atoms with Gasteiger partial charge in [-0.3, -0.25) is 0 Å². The third-order valence-electron chi connectivity index (χ3n) is 1.78. The maximum absolute atomic E-state index is 5.47. The standard InChI is InChI=1S/C8H15N3S/c1-3-11(4-2)8-10-7(5-9)6-12-8/h6H,3-5,9H2,1-2H3. The van der Waals surface area contributed by atoms with E-state index in [2.05, 4.69) is 23.7 Å². The van der Waals surface area contributed by atoms with Gasteiger partial charge in [0.2, 0.25) is 0 Å². The van der Waals surface area contributed by atoms with Crippen LogP contribution < -0.4 is 10.6 Å². The van der Waals surface area contributed by atoms with Crippen molar-refractivity contribution in [2.45, 2.75) is 20.4 Å². The van der Waals surface area contributed by atoms with Gasteiger partial charge in [0.15, 0.2) is 5.13 Å². The highest BCUT2D eigenvalue weighted by molar-refractivity contribution is 7.13. The maximum atomic E-state index is 5.47. The molecule has 3 nitrogen and oxygen atoms in total. The molecule has 0 aliphatic rings. The topological polar surface area (TPSA) is 42.2 Å². The summed E-state index contributed by atoms with van der Waals surface area (Å²) in [6, 6.07) is 0. The van der Waals surface area contributed by atoms with Crippen molar-refractivity contribution in [1.29, 1.82) is 0 Å². The lowest BCUT2D eigenvalue weighted by molar-refractivity contribution is 0.852. The van der Waals surface area contributed by atoms with E-state index in [1.165, 1.54) is 0 Å². The first-order valence-electron chi connectivity index (χ1n) is 4.21. The Morgan fingerprint density at radius 1 is 1.50 bits per heavy atom. The molecule has 0 amide bonds. The second-order valence-electron chi connectivity index (χ2n) is 2.50. The minimum atomic E-state index is 0.539. The summed E-state index contributed by atoms with van der Waals surface area (Å²) in [6.07, 6.45) is 0. The Balaban J connectivity index is 2.72. The normalized spacial score (nSPS) is 10.2. The molecule has 12 heavy (non-hydrogen) atoms. The molecule has 0 spiro atoms. The van der Waals surface area contributed by atoms with Crippen LogP contribution in [0, 0.1) is 0 Å². The lowest BCUT2D eigenvalue weighted by Crippen LogP contribution is -2.21. The Labute approximate surface area is 77.2 Å². The summed E-state index contributed by atoms with van der Waals surface area (Å²) in [4.78, 5) is 6.62. The van der Waals surface area contributed by atoms with Gasteiger partial charge in [-0.2, -0.15) is 0 Å². The van der Waals surface area contributed by atoms with Crippen molar-refractivity contribution < 1.29 is 0 Å². The van der Waals surface area contributed by atoms with E-state index < -0.39 is 0 Å². The molecule has 0 saturated heterocycles. The van der Waals surface area contributed by atoms with E-state index in [4.69, 9.17) is 5.73 Å². The van der Waals surface area contributed by atoms with Gasteiger partial charge in [-0.1, -0.05) is 0 Å². The quantitative estimate of drug-likeness (QED) is 0.772. The number of hydrogen-bond acceptors (Lipinski definition) is 4. The van der Waals surface area contributed by atoms with Gasteiger partial charge >= 0.3 is 0 Å². The molecule has 1 aromatic heterocycles. The van der Waals surface area contributed by atoms with Gasteiger partial charge in [-0.15, -0.1) is 11.3 Å². The molecular formula is C8H15N3S. The lowest BCUT2D eigenvalue weighted by atomic mass is 10.5. The van der Waals surface area contributed by atoms with Gasteiger partial charge in [-0.05, 0) is 13.8 Å². The van der Waals surface area contributed by atoms with E-state index in [-0.39, 0.29) is 0 Å². The van der Waals surface area contributed by atoms with Gasteiger partial charge in [0, 0.05) is 25.0 Å². The van der Waals surface area contributed by atoms with E-state index >= 15 is 0 Å². The van der Waals surface area contributed by atoms with Crippen molar-refractivity contribution in [3.05, 3.63) is 11.1 Å². The van der Waals surface area contributed by atoms with Crippen LogP contribution in [0.3, 0.4) is 0 Å². The van der Waals surface area contributed by atoms with E-state index in [9.17, 15) is 0 Å². The van der Waals surface area contributed by atoms with E-state index in [1.807, 2.05) is 5.38 Å². The zero-order valence-corrected chi connectivity index (χ0v) is 8.40. The summed E-state index contributed by atoms with van der Waals surface area (Å²) in [5.74, 6) is 0. The molecule has 0 unspecified atom stereocenters. The molecule has 1 aromatic rings. The average Bonchev–Trinajstić information content (AvgIpc) is 2.55. The van der Waals surface area contributed by atoms with Crippen LogP contribution in [-0.2, 0) is 6.54 Å². The van der Waals surface area contributed by atoms with Crippen LogP contribution in [0.25, 0.3) is 0 Å². The summed E-state index contributed by atoms with van der Waals surface area (Å²) < 4.78 is 0. The second-order valence-corrected chi connectivity index (χ2v) is 3.33. The van der Waals surface area contributed by atoms with Crippen LogP contribution in [0.2, 0.25) is 0 Å². The van der Waals surface area contributed by atoms with Crippen LogP contribution in [0.5, 0.6) is 0 Å². The smallest absolute Gasteiger partial charge is 0.185 e. The summed E-state index contributed by atoms with van der Waals surface area (Å²) in [6.45, 7) is 6.82. The van der Waals surface area contributed by atoms with Crippen molar-refractivity contribution in [3.63, 3.8) is 0 Å². The monoisotopic (exact) mass is 185 g/mol. The van der Waals surface area contributed by atoms with Gasteiger partial charge < -0.3 is 10.6 Å². The zero-order chi connectivity index (χ0) is 8.97. The third-order valence-corrected chi connectivity index (χ3v) is 2.73. The molecule has 0 saturated carbocycles. The van der Waals surface area contributed by atoms with Crippen molar-refractivity contribution in [2.75, 3.05) is 18.0 Å². The molecule has 1 rings (SSSR count). The van der Waals surface area contributed by atoms with Crippen molar-refractivity contribution in [2.24, 2.45) is 5.73 Å². The molecule has 0 atom stereocenters. The van der Waals surface area contributed by atoms with Gasteiger partial charge in [-0.25, -0.2) is 4.98 Å². The minimum Gasteiger partial charge on any atom is -0.349 e. The zero-order valence-electron chi connectivity index (χ0n) is 7.58. The van der Waals surface area contributed by atoms with Gasteiger partial charge in [0.1, 0.15) is 0 Å². The number of aromatic nitrogens is 1. The Morgan fingerprint density at radius 2 is 2.17 bits per heavy atom. The first kappa shape index (κ1) is 9.48. The Hall–Kier alpha value is -0.610. The molecular weight excluding hydrogens is 170 g/mol. The molecule has 0 aromatic carbocycles. The number of thiazole rings is 1. The molecule has 0 radical (unpaired) electrons. The predicted molar refractivity (Wildman–Crippen MR) is 53.6 cm³/mol. The fraction of sp³-hybridized carbons (Fsp3) is 0.625. The predicted octanol–water partition coefficient (Wildman–Crippen LogP) is 1.45. The van der Waals surface area contributed by atoms with Crippen LogP contribution in [0.15, 0.2) is 5.38 Å². The maximum Gasteiger partial charge on any atom is 0.185 e. The van der Waals surface area contributed by atoms with Crippen molar-refractivity contribution >= 4 is 16.5 Å². The number of nitrogens with two attached hydrogens (primary N) is 1. The van der Waals surface area contributed by atoms with E-state index in [1.54, 1.807) is 11.3 Å². The number of rotatable bonds is 4. The Morgan fingerprint density at radius 3 is 2.58 bits per heavy atom. The van der Waals surface area contributed by atoms with Crippen LogP contribution >= 0.6 is 11.3 Å². The molecule has 0 aliphatic carbocycles. The molecule has 0 aliphatic heterocycles. The minimum absolute atomic E-state index is 0.539. The van der Waals surface area contributed by atoms with Crippen LogP contribution in [-0.4, -0.2) is 18.1 Å². The fourth-order valence-electron chi connectivity index (χ4n) is 1.03. The number of anilines is 1. The Kier molecular flexibility index (Phi) is 3.49. The second kappa shape index (κ2) is 4.42. The van der Waals surface area contributed by atoms with Crippen LogP contribution in [0.4, 0.5) is 5.13 Å². The summed E-state index contributed by atoms with van der Waals surface area (Å²) >= 11 is 1.67. The van der Waals surface area contributed by atoms with Crippen LogP contribution in [0.1, 0.15) is 19.5 Å². The molecule has 0 bridgehead atoms. The van der Waals surface area contributed by atoms with Gasteiger partial charge in [0.05, 0.1) is 5.69 Å². The molecule has 4 heteroatoms. The highest BCUT2D eigenvalue weighted by atomic mass is 32.1. The molecule has 0 fully saturated rings. The first-order valence-corrected chi connectivity index (χ1v) is 5.09. The van der Waals surface area contributed by atoms with Crippen molar-refractivity contribution in [3.8, 4) is 0 Å². The third kappa shape index (κ3) is 1.95. The van der Waals surface area contributed by atoms with Gasteiger partial charge in [0.25, 0.3) is 0 Å². The molecule has 68 valence electrons. The van der Waals surface area contributed by atoms with Crippen molar-refractivity contribution in [1.82, 2.24) is 4.98 Å². The lowest BCUT2D eigenvalue weighted by Gasteiger charge is -2.16. The van der Waals surface area contributed by atoms with E-state index in [0.717, 1.165) is 23.9 Å². The summed E-state index contributed by atoms with van der Waals surface area (Å²) in [5.41, 5.74) is 6.46. The SMILES string of the molecule is CCN(CC)c1nc(CN)cs1. The van der Waals surface area contributed by atoms with E-state index in [0.29, 0.717) is 6.54 Å². The largest absolute Gasteiger partial charge is 0.349 e. The Bertz CT molecular complexity index is 230. The average molecular weight is 185 g/mol. The first-order chi connectivity index (χ1) is 5.81. The fourth-order valence-corrected chi connectivity index (χ4v) is 2.00. The molecule has 1 heterocycles.